The number of benzene rings is 2. The average molecular weight is 457 g/mol. The fraction of sp³-hybridized carbons (Fsp3) is 0.0952. The molecule has 0 atom stereocenters. The van der Waals surface area contributed by atoms with Gasteiger partial charge in [-0.05, 0) is 37.3 Å². The third-order valence-corrected chi connectivity index (χ3v) is 6.97. The Morgan fingerprint density at radius 2 is 1.97 bits per heavy atom. The van der Waals surface area contributed by atoms with E-state index in [0.29, 0.717) is 5.56 Å². The molecule has 0 saturated heterocycles. The van der Waals surface area contributed by atoms with Crippen LogP contribution in [0.2, 0.25) is 5.15 Å². The summed E-state index contributed by atoms with van der Waals surface area (Å²) in [4.78, 5) is 16.9. The first-order valence-electron chi connectivity index (χ1n) is 9.12. The fourth-order valence-corrected chi connectivity index (χ4v) is 4.87. The van der Waals surface area contributed by atoms with Crippen LogP contribution in [0.1, 0.15) is 16.7 Å². The largest absolute Gasteiger partial charge is 0.505 e. The van der Waals surface area contributed by atoms with E-state index in [1.807, 2.05) is 25.1 Å². The van der Waals surface area contributed by atoms with E-state index in [2.05, 4.69) is 15.5 Å². The third-order valence-electron chi connectivity index (χ3n) is 4.86. The number of rotatable bonds is 3. The summed E-state index contributed by atoms with van der Waals surface area (Å²) >= 11 is 6.20. The number of amides is 1. The number of aliphatic hydroxyl groups excluding tert-OH is 1. The van der Waals surface area contributed by atoms with Gasteiger partial charge in [-0.3, -0.25) is 9.10 Å². The maximum Gasteiger partial charge on any atom is 0.292 e. The van der Waals surface area contributed by atoms with Crippen molar-refractivity contribution in [2.24, 2.45) is 5.10 Å². The number of nitrogens with one attached hydrogen (secondary N) is 1. The zero-order valence-corrected chi connectivity index (χ0v) is 18.1. The molecule has 158 valence electrons. The van der Waals surface area contributed by atoms with Crippen LogP contribution in [0.4, 0.5) is 0 Å². The molecule has 1 aliphatic heterocycles. The minimum atomic E-state index is -3.99. The van der Waals surface area contributed by atoms with E-state index in [0.717, 1.165) is 20.8 Å². The van der Waals surface area contributed by atoms with Gasteiger partial charge in [0.2, 0.25) is 0 Å². The minimum Gasteiger partial charge on any atom is -0.505 e. The quantitative estimate of drug-likeness (QED) is 0.357. The highest BCUT2D eigenvalue weighted by molar-refractivity contribution is 7.89. The van der Waals surface area contributed by atoms with E-state index in [-0.39, 0.29) is 15.6 Å². The van der Waals surface area contributed by atoms with Gasteiger partial charge in [-0.25, -0.2) is 18.8 Å². The lowest BCUT2D eigenvalue weighted by Gasteiger charge is -2.27. The van der Waals surface area contributed by atoms with Crippen LogP contribution >= 0.6 is 11.6 Å². The maximum absolute atomic E-state index is 12.7. The number of nitrogens with zero attached hydrogens (tertiary/aromatic N) is 3. The standard InChI is InChI=1S/C21H17ClN4O4S/c1-12-7-8-16-13(9-12)10-14(20(22)24-16)11-23-25-21(28)18-19(27)15-5-3-4-6-17(15)31(29,30)26(18)2/h3-11,27H,1-2H3,(H,25,28)/b23-11+. The smallest absolute Gasteiger partial charge is 0.292 e. The second kappa shape index (κ2) is 7.68. The molecule has 1 aromatic heterocycles. The summed E-state index contributed by atoms with van der Waals surface area (Å²) in [5.74, 6) is -1.35. The molecule has 1 amide bonds. The Morgan fingerprint density at radius 1 is 1.23 bits per heavy atom. The average Bonchev–Trinajstić information content (AvgIpc) is 2.73. The van der Waals surface area contributed by atoms with Crippen LogP contribution in [0.5, 0.6) is 0 Å². The van der Waals surface area contributed by atoms with Gasteiger partial charge in [-0.1, -0.05) is 35.4 Å². The molecule has 31 heavy (non-hydrogen) atoms. The van der Waals surface area contributed by atoms with Gasteiger partial charge in [-0.2, -0.15) is 5.10 Å². The Kier molecular flexibility index (Phi) is 5.16. The Bertz CT molecular complexity index is 1400. The number of aryl methyl sites for hydroxylation is 1. The summed E-state index contributed by atoms with van der Waals surface area (Å²) in [6.07, 6.45) is 1.30. The van der Waals surface area contributed by atoms with Crippen LogP contribution in [0.3, 0.4) is 0 Å². The Labute approximate surface area is 183 Å². The number of hydrogen-bond acceptors (Lipinski definition) is 6. The van der Waals surface area contributed by atoms with Crippen molar-refractivity contribution in [1.29, 1.82) is 0 Å². The maximum atomic E-state index is 12.7. The highest BCUT2D eigenvalue weighted by Crippen LogP contribution is 2.34. The van der Waals surface area contributed by atoms with Gasteiger partial charge in [0.1, 0.15) is 5.15 Å². The van der Waals surface area contributed by atoms with Gasteiger partial charge < -0.3 is 5.11 Å². The first kappa shape index (κ1) is 20.8. The van der Waals surface area contributed by atoms with Crippen molar-refractivity contribution in [3.05, 3.63) is 76.1 Å². The molecule has 4 rings (SSSR count). The number of sulfonamides is 1. The Morgan fingerprint density at radius 3 is 2.74 bits per heavy atom. The zero-order valence-electron chi connectivity index (χ0n) is 16.5. The van der Waals surface area contributed by atoms with Gasteiger partial charge >= 0.3 is 0 Å². The van der Waals surface area contributed by atoms with Crippen LogP contribution in [0, 0.1) is 6.92 Å². The van der Waals surface area contributed by atoms with Crippen molar-refractivity contribution >= 4 is 50.4 Å². The molecule has 10 heteroatoms. The first-order valence-corrected chi connectivity index (χ1v) is 10.9. The number of fused-ring (bicyclic) bond motifs is 2. The van der Waals surface area contributed by atoms with E-state index >= 15 is 0 Å². The molecule has 1 aliphatic rings. The summed E-state index contributed by atoms with van der Waals surface area (Å²) in [5.41, 5.74) is 4.09. The number of aromatic nitrogens is 1. The van der Waals surface area contributed by atoms with E-state index in [1.165, 1.54) is 31.5 Å². The predicted octanol–water partition coefficient (Wildman–Crippen LogP) is 3.21. The molecule has 0 saturated carbocycles. The molecule has 0 spiro atoms. The van der Waals surface area contributed by atoms with Crippen molar-refractivity contribution in [3.8, 4) is 0 Å². The summed E-state index contributed by atoms with van der Waals surface area (Å²) in [5, 5.41) is 15.4. The molecule has 0 unspecified atom stereocenters. The number of hydrazone groups is 1. The van der Waals surface area contributed by atoms with Gasteiger partial charge in [0.05, 0.1) is 16.6 Å². The van der Waals surface area contributed by atoms with Gasteiger partial charge in [0.15, 0.2) is 11.5 Å². The molecule has 2 N–H and O–H groups in total. The lowest BCUT2D eigenvalue weighted by Crippen LogP contribution is -2.38. The lowest BCUT2D eigenvalue weighted by molar-refractivity contribution is -0.118. The highest BCUT2D eigenvalue weighted by atomic mass is 35.5. The van der Waals surface area contributed by atoms with E-state index in [4.69, 9.17) is 11.6 Å². The van der Waals surface area contributed by atoms with E-state index in [1.54, 1.807) is 12.1 Å². The van der Waals surface area contributed by atoms with Crippen LogP contribution in [0.25, 0.3) is 16.7 Å². The molecular weight excluding hydrogens is 440 g/mol. The second-order valence-electron chi connectivity index (χ2n) is 6.93. The van der Waals surface area contributed by atoms with Gasteiger partial charge in [0, 0.05) is 23.6 Å². The summed E-state index contributed by atoms with van der Waals surface area (Å²) in [6, 6.07) is 13.4. The Hall–Kier alpha value is -3.43. The molecule has 0 bridgehead atoms. The number of hydrogen-bond donors (Lipinski definition) is 2. The summed E-state index contributed by atoms with van der Waals surface area (Å²) in [6.45, 7) is 1.95. The van der Waals surface area contributed by atoms with Crippen molar-refractivity contribution in [3.63, 3.8) is 0 Å². The molecule has 0 fully saturated rings. The van der Waals surface area contributed by atoms with Crippen LogP contribution in [-0.4, -0.2) is 42.0 Å². The first-order chi connectivity index (χ1) is 14.7. The summed E-state index contributed by atoms with van der Waals surface area (Å²) < 4.78 is 26.1. The molecular formula is C21H17ClN4O4S. The normalized spacial score (nSPS) is 15.4. The number of halogens is 1. The van der Waals surface area contributed by atoms with Crippen LogP contribution in [0.15, 0.2) is 64.2 Å². The van der Waals surface area contributed by atoms with E-state index in [9.17, 15) is 18.3 Å². The van der Waals surface area contributed by atoms with Gasteiger partial charge in [0.25, 0.3) is 15.9 Å². The minimum absolute atomic E-state index is 0.0480. The molecule has 0 radical (unpaired) electrons. The fourth-order valence-electron chi connectivity index (χ4n) is 3.27. The van der Waals surface area contributed by atoms with Gasteiger partial charge in [-0.15, -0.1) is 0 Å². The van der Waals surface area contributed by atoms with Crippen LogP contribution in [-0.2, 0) is 14.8 Å². The molecule has 0 aliphatic carbocycles. The highest BCUT2D eigenvalue weighted by Gasteiger charge is 2.37. The molecule has 8 nitrogen and oxygen atoms in total. The number of likely N-dealkylation sites (N-methyl/N-ethyl adjacent to an activating group) is 1. The monoisotopic (exact) mass is 456 g/mol. The predicted molar refractivity (Wildman–Crippen MR) is 118 cm³/mol. The SMILES string of the molecule is Cc1ccc2nc(Cl)c(/C=N/NC(=O)C3=C(O)c4ccccc4S(=O)(=O)N3C)cc2c1. The topological polar surface area (TPSA) is 112 Å². The molecule has 2 heterocycles. The van der Waals surface area contributed by atoms with Crippen LogP contribution < -0.4 is 5.43 Å². The zero-order chi connectivity index (χ0) is 22.3. The molecule has 2 aromatic carbocycles. The van der Waals surface area contributed by atoms with Crippen molar-refractivity contribution in [1.82, 2.24) is 14.7 Å². The number of carbonyl (C=O) groups is 1. The second-order valence-corrected chi connectivity index (χ2v) is 9.23. The summed E-state index contributed by atoms with van der Waals surface area (Å²) in [7, 11) is -2.80. The van der Waals surface area contributed by atoms with Crippen molar-refractivity contribution < 1.29 is 18.3 Å². The Balaban J connectivity index is 1.64. The number of carbonyl (C=O) groups excluding carboxylic acids is 1. The van der Waals surface area contributed by atoms with Crippen molar-refractivity contribution in [2.75, 3.05) is 7.05 Å². The lowest BCUT2D eigenvalue weighted by atomic mass is 10.1. The third kappa shape index (κ3) is 3.62. The van der Waals surface area contributed by atoms with E-state index < -0.39 is 27.4 Å². The number of aliphatic hydroxyl groups is 1. The van der Waals surface area contributed by atoms with Crippen molar-refractivity contribution in [2.45, 2.75) is 11.8 Å². The molecule has 3 aromatic rings. The number of pyridine rings is 1.